The Hall–Kier alpha value is -1.89. The summed E-state index contributed by atoms with van der Waals surface area (Å²) in [7, 11) is 1.55. The van der Waals surface area contributed by atoms with Crippen LogP contribution in [-0.2, 0) is 20.8 Å². The van der Waals surface area contributed by atoms with E-state index in [-0.39, 0.29) is 24.6 Å². The Morgan fingerprint density at radius 2 is 2.14 bits per heavy atom. The van der Waals surface area contributed by atoms with Crippen molar-refractivity contribution in [1.82, 2.24) is 9.55 Å². The molecule has 1 aliphatic rings. The summed E-state index contributed by atoms with van der Waals surface area (Å²) in [5, 5.41) is 0. The van der Waals surface area contributed by atoms with Crippen molar-refractivity contribution in [3.8, 4) is 0 Å². The van der Waals surface area contributed by atoms with Crippen LogP contribution in [0, 0.1) is 5.92 Å². The quantitative estimate of drug-likeness (QED) is 0.748. The van der Waals surface area contributed by atoms with Crippen LogP contribution in [0.5, 0.6) is 0 Å². The van der Waals surface area contributed by atoms with Crippen LogP contribution < -0.4 is 11.2 Å². The highest BCUT2D eigenvalue weighted by Crippen LogP contribution is 2.25. The minimum absolute atomic E-state index is 0.0272. The largest absolute Gasteiger partial charge is 0.463 e. The maximum atomic E-state index is 11.9. The lowest BCUT2D eigenvalue weighted by atomic mass is 10.1. The summed E-state index contributed by atoms with van der Waals surface area (Å²) in [4.78, 5) is 36.6. The number of esters is 1. The number of nitrogens with zero attached hydrogens (tertiary/aromatic N) is 1. The number of H-pyrrole nitrogens is 1. The number of aryl methyl sites for hydroxylation is 1. The smallest absolute Gasteiger partial charge is 0.328 e. The average molecular weight is 310 g/mol. The molecule has 0 amide bonds. The van der Waals surface area contributed by atoms with Gasteiger partial charge in [0, 0.05) is 25.9 Å². The minimum Gasteiger partial charge on any atom is -0.463 e. The number of aromatic amines is 1. The second-order valence-corrected chi connectivity index (χ2v) is 5.56. The van der Waals surface area contributed by atoms with Gasteiger partial charge in [-0.15, -0.1) is 0 Å². The van der Waals surface area contributed by atoms with Crippen LogP contribution in [0.3, 0.4) is 0 Å². The highest BCUT2D eigenvalue weighted by Gasteiger charge is 2.24. The van der Waals surface area contributed by atoms with E-state index in [9.17, 15) is 14.4 Å². The molecule has 0 saturated heterocycles. The molecule has 7 nitrogen and oxygen atoms in total. The lowest BCUT2D eigenvalue weighted by molar-refractivity contribution is -0.152. The Labute approximate surface area is 128 Å². The Kier molecular flexibility index (Phi) is 5.94. The molecule has 1 heterocycles. The molecule has 1 unspecified atom stereocenters. The van der Waals surface area contributed by atoms with Gasteiger partial charge in [-0.25, -0.2) is 4.79 Å². The maximum absolute atomic E-state index is 11.9. The van der Waals surface area contributed by atoms with Crippen LogP contribution in [0.15, 0.2) is 21.9 Å². The van der Waals surface area contributed by atoms with Gasteiger partial charge in [-0.2, -0.15) is 0 Å². The van der Waals surface area contributed by atoms with E-state index in [4.69, 9.17) is 9.47 Å². The predicted octanol–water partition coefficient (Wildman–Crippen LogP) is 0.675. The second-order valence-electron chi connectivity index (χ2n) is 5.56. The third kappa shape index (κ3) is 4.56. The van der Waals surface area contributed by atoms with Gasteiger partial charge in [-0.05, 0) is 19.3 Å². The molecule has 0 spiro atoms. The lowest BCUT2D eigenvalue weighted by Crippen LogP contribution is -2.31. The summed E-state index contributed by atoms with van der Waals surface area (Å²) in [5.41, 5.74) is -0.875. The van der Waals surface area contributed by atoms with Crippen LogP contribution in [0.1, 0.15) is 32.1 Å². The van der Waals surface area contributed by atoms with E-state index >= 15 is 0 Å². The molecule has 0 aliphatic heterocycles. The van der Waals surface area contributed by atoms with Crippen molar-refractivity contribution in [3.63, 3.8) is 0 Å². The average Bonchev–Trinajstić information content (AvgIpc) is 3.03. The first-order valence-corrected chi connectivity index (χ1v) is 7.59. The number of ether oxygens (including phenoxy) is 2. The van der Waals surface area contributed by atoms with E-state index in [1.807, 2.05) is 0 Å². The van der Waals surface area contributed by atoms with Gasteiger partial charge in [0.2, 0.25) is 0 Å². The number of nitrogens with one attached hydrogen (secondary N) is 1. The van der Waals surface area contributed by atoms with E-state index < -0.39 is 11.2 Å². The van der Waals surface area contributed by atoms with Crippen LogP contribution >= 0.6 is 0 Å². The molecule has 1 saturated carbocycles. The van der Waals surface area contributed by atoms with Gasteiger partial charge in [0.15, 0.2) is 0 Å². The van der Waals surface area contributed by atoms with Crippen molar-refractivity contribution in [3.05, 3.63) is 33.1 Å². The molecule has 122 valence electrons. The zero-order valence-corrected chi connectivity index (χ0v) is 12.7. The van der Waals surface area contributed by atoms with Gasteiger partial charge in [0.1, 0.15) is 6.61 Å². The topological polar surface area (TPSA) is 90.4 Å². The van der Waals surface area contributed by atoms with E-state index in [2.05, 4.69) is 4.98 Å². The second kappa shape index (κ2) is 7.93. The standard InChI is InChI=1S/C15H22N2O5/c1-21-12(10-22-14(19)11-4-2-3-5-11)6-8-17-9-7-13(18)16-15(17)20/h7,9,11-12H,2-6,8,10H2,1H3,(H,16,18,20). The van der Waals surface area contributed by atoms with Crippen LogP contribution in [0.2, 0.25) is 0 Å². The lowest BCUT2D eigenvalue weighted by Gasteiger charge is -2.17. The molecule has 1 aromatic heterocycles. The number of hydrogen-bond acceptors (Lipinski definition) is 5. The molecule has 2 rings (SSSR count). The van der Waals surface area contributed by atoms with Crippen molar-refractivity contribution in [2.24, 2.45) is 5.92 Å². The molecule has 1 aliphatic carbocycles. The SMILES string of the molecule is COC(CCn1ccc(=O)[nH]c1=O)COC(=O)C1CCCC1. The summed E-state index contributed by atoms with van der Waals surface area (Å²) < 4.78 is 12.0. The molecule has 1 atom stereocenters. The summed E-state index contributed by atoms with van der Waals surface area (Å²) in [6, 6.07) is 1.29. The van der Waals surface area contributed by atoms with Crippen molar-refractivity contribution in [2.45, 2.75) is 44.8 Å². The van der Waals surface area contributed by atoms with Gasteiger partial charge in [-0.1, -0.05) is 12.8 Å². The van der Waals surface area contributed by atoms with Gasteiger partial charge < -0.3 is 14.0 Å². The molecule has 0 radical (unpaired) electrons. The molecule has 7 heteroatoms. The number of carbonyl (C=O) groups excluding carboxylic acids is 1. The maximum Gasteiger partial charge on any atom is 0.328 e. The van der Waals surface area contributed by atoms with Crippen LogP contribution in [0.4, 0.5) is 0 Å². The molecule has 1 fully saturated rings. The fourth-order valence-corrected chi connectivity index (χ4v) is 2.63. The zero-order chi connectivity index (χ0) is 15.9. The first-order chi connectivity index (χ1) is 10.6. The highest BCUT2D eigenvalue weighted by atomic mass is 16.6. The first-order valence-electron chi connectivity index (χ1n) is 7.59. The van der Waals surface area contributed by atoms with E-state index in [1.165, 1.54) is 16.8 Å². The minimum atomic E-state index is -0.453. The monoisotopic (exact) mass is 310 g/mol. The van der Waals surface area contributed by atoms with E-state index in [0.29, 0.717) is 13.0 Å². The molecule has 1 N–H and O–H groups in total. The number of aromatic nitrogens is 2. The number of hydrogen-bond donors (Lipinski definition) is 1. The summed E-state index contributed by atoms with van der Waals surface area (Å²) >= 11 is 0. The zero-order valence-electron chi connectivity index (χ0n) is 12.7. The predicted molar refractivity (Wildman–Crippen MR) is 79.7 cm³/mol. The molecular weight excluding hydrogens is 288 g/mol. The number of methoxy groups -OCH3 is 1. The van der Waals surface area contributed by atoms with Crippen molar-refractivity contribution >= 4 is 5.97 Å². The van der Waals surface area contributed by atoms with Gasteiger partial charge in [-0.3, -0.25) is 14.6 Å². The summed E-state index contributed by atoms with van der Waals surface area (Å²) in [6.07, 6.45) is 5.67. The third-order valence-corrected chi connectivity index (χ3v) is 4.02. The van der Waals surface area contributed by atoms with Gasteiger partial charge >= 0.3 is 11.7 Å². The van der Waals surface area contributed by atoms with Gasteiger partial charge in [0.05, 0.1) is 12.0 Å². The van der Waals surface area contributed by atoms with E-state index in [1.54, 1.807) is 7.11 Å². The molecule has 22 heavy (non-hydrogen) atoms. The van der Waals surface area contributed by atoms with Crippen molar-refractivity contribution in [2.75, 3.05) is 13.7 Å². The first kappa shape index (κ1) is 16.5. The summed E-state index contributed by atoms with van der Waals surface area (Å²) in [5.74, 6) is -0.125. The fourth-order valence-electron chi connectivity index (χ4n) is 2.63. The molecular formula is C15H22N2O5. The molecule has 1 aromatic rings. The normalized spacial score (nSPS) is 16.6. The Bertz CT molecular complexity index is 600. The van der Waals surface area contributed by atoms with E-state index in [0.717, 1.165) is 25.7 Å². The van der Waals surface area contributed by atoms with Crippen molar-refractivity contribution < 1.29 is 14.3 Å². The van der Waals surface area contributed by atoms with Crippen LogP contribution in [-0.4, -0.2) is 35.3 Å². The highest BCUT2D eigenvalue weighted by molar-refractivity contribution is 5.72. The number of carbonyl (C=O) groups is 1. The number of rotatable bonds is 7. The van der Waals surface area contributed by atoms with Crippen LogP contribution in [0.25, 0.3) is 0 Å². The molecule has 0 aromatic carbocycles. The fraction of sp³-hybridized carbons (Fsp3) is 0.667. The Morgan fingerprint density at radius 1 is 1.41 bits per heavy atom. The van der Waals surface area contributed by atoms with Gasteiger partial charge in [0.25, 0.3) is 5.56 Å². The van der Waals surface area contributed by atoms with Crippen molar-refractivity contribution in [1.29, 1.82) is 0 Å². The third-order valence-electron chi connectivity index (χ3n) is 4.02. The molecule has 0 bridgehead atoms. The Morgan fingerprint density at radius 3 is 2.77 bits per heavy atom. The summed E-state index contributed by atoms with van der Waals surface area (Å²) in [6.45, 7) is 0.568. The Balaban J connectivity index is 1.80.